The highest BCUT2D eigenvalue weighted by molar-refractivity contribution is 7.46. The first kappa shape index (κ1) is 39.9. The topological polar surface area (TPSA) is 158 Å². The van der Waals surface area contributed by atoms with Crippen LogP contribution in [0.3, 0.4) is 0 Å². The third kappa shape index (κ3) is 28.8. The fourth-order valence-corrected chi connectivity index (χ4v) is 4.77. The molecule has 0 saturated heterocycles. The Morgan fingerprint density at radius 2 is 1.15 bits per heavy atom. The van der Waals surface area contributed by atoms with Gasteiger partial charge in [-0.15, -0.1) is 0 Å². The monoisotopic (exact) mass is 612 g/mol. The van der Waals surface area contributed by atoms with Crippen molar-refractivity contribution in [3.63, 3.8) is 0 Å². The van der Waals surface area contributed by atoms with Crippen molar-refractivity contribution in [3.05, 3.63) is 0 Å². The lowest BCUT2D eigenvalue weighted by Gasteiger charge is -2.18. The number of carbonyl (C=O) groups is 2. The molecule has 0 bridgehead atoms. The molecule has 12 heteroatoms. The highest BCUT2D eigenvalue weighted by atomic mass is 31.2. The predicted octanol–water partition coefficient (Wildman–Crippen LogP) is 7.22. The number of unbranched alkanes of at least 4 members (excludes halogenated alkanes) is 16. The molecular weight excluding hydrogens is 555 g/mol. The van der Waals surface area contributed by atoms with Crippen molar-refractivity contribution in [2.45, 2.75) is 154 Å². The number of ether oxygens (including phenoxy) is 3. The van der Waals surface area contributed by atoms with Crippen LogP contribution in [-0.2, 0) is 37.8 Å². The first-order valence-electron chi connectivity index (χ1n) is 15.6. The molecule has 41 heavy (non-hydrogen) atoms. The Hall–Kier alpha value is -1.07. The molecule has 0 aromatic rings. The van der Waals surface area contributed by atoms with E-state index in [0.717, 1.165) is 44.9 Å². The van der Waals surface area contributed by atoms with Gasteiger partial charge in [-0.25, -0.2) is 14.7 Å². The summed E-state index contributed by atoms with van der Waals surface area (Å²) in [5.74, 6) is -0.988. The smallest absolute Gasteiger partial charge is 0.462 e. The third-order valence-electron chi connectivity index (χ3n) is 6.84. The summed E-state index contributed by atoms with van der Waals surface area (Å²) in [7, 11) is -3.32. The van der Waals surface area contributed by atoms with Crippen molar-refractivity contribution in [2.24, 2.45) is 0 Å². The first-order chi connectivity index (χ1) is 19.7. The molecule has 0 aliphatic carbocycles. The van der Waals surface area contributed by atoms with Crippen LogP contribution in [0.2, 0.25) is 0 Å². The Bertz CT molecular complexity index is 667. The van der Waals surface area contributed by atoms with Gasteiger partial charge in [0.25, 0.3) is 0 Å². The summed E-state index contributed by atoms with van der Waals surface area (Å²) in [5, 5.41) is 8.61. The van der Waals surface area contributed by atoms with Gasteiger partial charge in [0, 0.05) is 26.4 Å². The minimum absolute atomic E-state index is 0.125. The van der Waals surface area contributed by atoms with Crippen molar-refractivity contribution in [3.8, 4) is 0 Å². The Morgan fingerprint density at radius 1 is 0.683 bits per heavy atom. The Kier molecular flexibility index (Phi) is 27.0. The number of phosphoric ester groups is 1. The fourth-order valence-electron chi connectivity index (χ4n) is 4.41. The third-order valence-corrected chi connectivity index (χ3v) is 7.33. The lowest BCUT2D eigenvalue weighted by Crippen LogP contribution is -2.29. The van der Waals surface area contributed by atoms with Crippen LogP contribution in [0.5, 0.6) is 0 Å². The van der Waals surface area contributed by atoms with Gasteiger partial charge in [-0.2, -0.15) is 0 Å². The molecule has 0 aliphatic rings. The van der Waals surface area contributed by atoms with Crippen LogP contribution in [0, 0.1) is 0 Å². The summed E-state index contributed by atoms with van der Waals surface area (Å²) < 4.78 is 30.9. The minimum atomic E-state index is -4.77. The van der Waals surface area contributed by atoms with Gasteiger partial charge in [-0.1, -0.05) is 103 Å². The summed E-state index contributed by atoms with van der Waals surface area (Å²) in [6.45, 7) is 1.34. The molecule has 0 saturated carbocycles. The van der Waals surface area contributed by atoms with Crippen molar-refractivity contribution in [2.75, 3.05) is 20.3 Å². The standard InChI is InChI=1S/C29H57O11P/c1-3-4-5-6-7-8-9-10-11-12-13-15-18-21-27(30)37-24-26(25-38-41(33,34)35)39-28(31)22-19-16-14-17-20-23-29(36-2)40-32/h26,29,32H,3-25H2,1-2H3,(H2,33,34,35)/t26-,29?/m1/s1. The van der Waals surface area contributed by atoms with E-state index in [1.807, 2.05) is 0 Å². The van der Waals surface area contributed by atoms with Gasteiger partial charge in [0.1, 0.15) is 6.61 Å². The lowest BCUT2D eigenvalue weighted by molar-refractivity contribution is -0.341. The maximum absolute atomic E-state index is 12.2. The predicted molar refractivity (Wildman–Crippen MR) is 156 cm³/mol. The number of hydrogen-bond acceptors (Lipinski definition) is 9. The van der Waals surface area contributed by atoms with Gasteiger partial charge in [0.05, 0.1) is 6.61 Å². The quantitative estimate of drug-likeness (QED) is 0.0188. The average molecular weight is 613 g/mol. The van der Waals surface area contributed by atoms with Gasteiger partial charge in [-0.3, -0.25) is 14.1 Å². The van der Waals surface area contributed by atoms with Gasteiger partial charge in [0.15, 0.2) is 12.4 Å². The summed E-state index contributed by atoms with van der Waals surface area (Å²) >= 11 is 0. The van der Waals surface area contributed by atoms with E-state index in [1.54, 1.807) is 0 Å². The highest BCUT2D eigenvalue weighted by Crippen LogP contribution is 2.35. The second-order valence-corrected chi connectivity index (χ2v) is 11.9. The number of hydrogen-bond donors (Lipinski definition) is 3. The SMILES string of the molecule is CCCCCCCCCCCCCCCC(=O)OC[C@H](COP(=O)(O)O)OC(=O)CCCCCCCC(OC)OO. The summed E-state index contributed by atoms with van der Waals surface area (Å²) in [6.07, 6.45) is 18.8. The molecule has 0 radical (unpaired) electrons. The van der Waals surface area contributed by atoms with E-state index in [9.17, 15) is 14.2 Å². The van der Waals surface area contributed by atoms with Crippen LogP contribution < -0.4 is 0 Å². The molecule has 0 amide bonds. The fraction of sp³-hybridized carbons (Fsp3) is 0.931. The van der Waals surface area contributed by atoms with Gasteiger partial charge < -0.3 is 24.0 Å². The molecule has 0 aliphatic heterocycles. The maximum atomic E-state index is 12.2. The summed E-state index contributed by atoms with van der Waals surface area (Å²) in [5.41, 5.74) is 0. The molecule has 2 atom stereocenters. The van der Waals surface area contributed by atoms with Crippen molar-refractivity contribution in [1.29, 1.82) is 0 Å². The van der Waals surface area contributed by atoms with Gasteiger partial charge in [0.2, 0.25) is 0 Å². The number of phosphoric acid groups is 1. The van der Waals surface area contributed by atoms with Crippen LogP contribution in [0.4, 0.5) is 0 Å². The lowest BCUT2D eigenvalue weighted by atomic mass is 10.0. The molecule has 244 valence electrons. The summed E-state index contributed by atoms with van der Waals surface area (Å²) in [6, 6.07) is 0. The Morgan fingerprint density at radius 3 is 1.61 bits per heavy atom. The zero-order chi connectivity index (χ0) is 30.6. The molecule has 0 heterocycles. The minimum Gasteiger partial charge on any atom is -0.462 e. The van der Waals surface area contributed by atoms with Crippen molar-refractivity contribution in [1.82, 2.24) is 0 Å². The van der Waals surface area contributed by atoms with Crippen LogP contribution in [0.15, 0.2) is 0 Å². The molecule has 1 unspecified atom stereocenters. The molecule has 0 aromatic carbocycles. The van der Waals surface area contributed by atoms with E-state index >= 15 is 0 Å². The van der Waals surface area contributed by atoms with E-state index < -0.39 is 38.8 Å². The molecule has 0 fully saturated rings. The normalized spacial score (nSPS) is 13.2. The second kappa shape index (κ2) is 27.7. The average Bonchev–Trinajstić information content (AvgIpc) is 2.93. The zero-order valence-electron chi connectivity index (χ0n) is 25.5. The molecular formula is C29H57O11P. The molecule has 0 rings (SSSR count). The van der Waals surface area contributed by atoms with Crippen LogP contribution in [-0.4, -0.2) is 59.7 Å². The second-order valence-electron chi connectivity index (χ2n) is 10.7. The highest BCUT2D eigenvalue weighted by Gasteiger charge is 2.22. The number of rotatable bonds is 30. The van der Waals surface area contributed by atoms with E-state index in [2.05, 4.69) is 16.3 Å². The maximum Gasteiger partial charge on any atom is 0.469 e. The van der Waals surface area contributed by atoms with Crippen molar-refractivity contribution >= 4 is 19.8 Å². The van der Waals surface area contributed by atoms with E-state index in [0.29, 0.717) is 19.3 Å². The Labute approximate surface area is 247 Å². The zero-order valence-corrected chi connectivity index (χ0v) is 26.4. The van der Waals surface area contributed by atoms with Gasteiger partial charge >= 0.3 is 19.8 Å². The Balaban J connectivity index is 4.03. The largest absolute Gasteiger partial charge is 0.469 e. The number of methoxy groups -OCH3 is 1. The van der Waals surface area contributed by atoms with Crippen LogP contribution in [0.25, 0.3) is 0 Å². The molecule has 0 aromatic heterocycles. The van der Waals surface area contributed by atoms with E-state index in [4.69, 9.17) is 29.3 Å². The van der Waals surface area contributed by atoms with Gasteiger partial charge in [-0.05, 0) is 19.3 Å². The molecule has 3 N–H and O–H groups in total. The number of esters is 2. The van der Waals surface area contributed by atoms with Crippen LogP contribution >= 0.6 is 7.82 Å². The summed E-state index contributed by atoms with van der Waals surface area (Å²) in [4.78, 5) is 46.5. The first-order valence-corrected chi connectivity index (χ1v) is 17.1. The van der Waals surface area contributed by atoms with Crippen LogP contribution in [0.1, 0.15) is 142 Å². The number of carbonyl (C=O) groups excluding carboxylic acids is 2. The molecule has 0 spiro atoms. The van der Waals surface area contributed by atoms with E-state index in [-0.39, 0.29) is 19.4 Å². The molecule has 11 nitrogen and oxygen atoms in total. The van der Waals surface area contributed by atoms with E-state index in [1.165, 1.54) is 64.9 Å². The van der Waals surface area contributed by atoms with Crippen molar-refractivity contribution < 1.29 is 52.8 Å².